The zero-order valence-corrected chi connectivity index (χ0v) is 13.9. The number of rotatable bonds is 3. The van der Waals surface area contributed by atoms with Crippen molar-refractivity contribution in [3.63, 3.8) is 0 Å². The van der Waals surface area contributed by atoms with Gasteiger partial charge in [-0.15, -0.1) is 0 Å². The second kappa shape index (κ2) is 6.14. The number of amides is 1. The number of benzene rings is 1. The molecular weight excluding hydrogens is 353 g/mol. The van der Waals surface area contributed by atoms with Crippen LogP contribution in [0.3, 0.4) is 0 Å². The summed E-state index contributed by atoms with van der Waals surface area (Å²) >= 11 is 11.9. The standard InChI is InChI=1S/C16H11Cl2N3O3/c1-21-7-10(9-4-8(22)2-3-13(9)21)15(23)16(24)20-14-11(17)5-19-6-12(14)18/h2-7,22H,1H3,(H,19,20,24). The van der Waals surface area contributed by atoms with E-state index in [9.17, 15) is 14.7 Å². The zero-order valence-electron chi connectivity index (χ0n) is 12.4. The number of Topliss-reactive ketones (excluding diaryl/α,β-unsaturated/α-hetero) is 1. The van der Waals surface area contributed by atoms with Crippen LogP contribution < -0.4 is 5.32 Å². The van der Waals surface area contributed by atoms with Crippen LogP contribution in [0.2, 0.25) is 10.0 Å². The number of halogens is 2. The number of pyridine rings is 1. The molecule has 1 aromatic carbocycles. The number of aromatic hydroxyl groups is 1. The highest BCUT2D eigenvalue weighted by Gasteiger charge is 2.23. The molecule has 0 aliphatic carbocycles. The van der Waals surface area contributed by atoms with E-state index in [1.54, 1.807) is 17.7 Å². The van der Waals surface area contributed by atoms with Crippen molar-refractivity contribution in [3.05, 3.63) is 52.4 Å². The van der Waals surface area contributed by atoms with Crippen LogP contribution in [0.25, 0.3) is 10.9 Å². The fourth-order valence-electron chi connectivity index (χ4n) is 2.38. The van der Waals surface area contributed by atoms with Crippen LogP contribution in [0, 0.1) is 0 Å². The van der Waals surface area contributed by atoms with E-state index in [1.165, 1.54) is 30.7 Å². The summed E-state index contributed by atoms with van der Waals surface area (Å²) in [5.74, 6) is -1.65. The number of nitrogens with one attached hydrogen (secondary N) is 1. The zero-order chi connectivity index (χ0) is 17.4. The Labute approximate surface area is 146 Å². The van der Waals surface area contributed by atoms with Gasteiger partial charge in [-0.1, -0.05) is 23.2 Å². The monoisotopic (exact) mass is 363 g/mol. The van der Waals surface area contributed by atoms with Gasteiger partial charge in [0.1, 0.15) is 5.75 Å². The Hall–Kier alpha value is -2.57. The number of carbonyl (C=O) groups excluding carboxylic acids is 2. The molecule has 2 heterocycles. The Balaban J connectivity index is 1.97. The van der Waals surface area contributed by atoms with Gasteiger partial charge in [0.05, 0.1) is 21.3 Å². The van der Waals surface area contributed by atoms with Crippen molar-refractivity contribution in [2.24, 2.45) is 7.05 Å². The average molecular weight is 364 g/mol. The van der Waals surface area contributed by atoms with Crippen molar-refractivity contribution in [1.82, 2.24) is 9.55 Å². The topological polar surface area (TPSA) is 84.2 Å². The molecule has 3 rings (SSSR count). The molecule has 6 nitrogen and oxygen atoms in total. The van der Waals surface area contributed by atoms with Crippen molar-refractivity contribution < 1.29 is 14.7 Å². The van der Waals surface area contributed by atoms with E-state index in [1.807, 2.05) is 0 Å². The van der Waals surface area contributed by atoms with Gasteiger partial charge in [-0.25, -0.2) is 0 Å². The quantitative estimate of drug-likeness (QED) is 0.551. The minimum atomic E-state index is -0.888. The number of hydrogen-bond acceptors (Lipinski definition) is 4. The third kappa shape index (κ3) is 2.81. The fourth-order valence-corrected chi connectivity index (χ4v) is 2.84. The smallest absolute Gasteiger partial charge is 0.296 e. The van der Waals surface area contributed by atoms with E-state index in [-0.39, 0.29) is 27.0 Å². The lowest BCUT2D eigenvalue weighted by Crippen LogP contribution is -2.23. The lowest BCUT2D eigenvalue weighted by Gasteiger charge is -2.07. The summed E-state index contributed by atoms with van der Waals surface area (Å²) in [5.41, 5.74) is 1.00. The molecule has 2 aromatic heterocycles. The molecule has 0 saturated heterocycles. The van der Waals surface area contributed by atoms with Crippen LogP contribution in [0.4, 0.5) is 5.69 Å². The molecule has 8 heteroatoms. The number of ketones is 1. The Morgan fingerprint density at radius 2 is 1.88 bits per heavy atom. The molecule has 0 unspecified atom stereocenters. The number of phenolic OH excluding ortho intramolecular Hbond substituents is 1. The predicted octanol–water partition coefficient (Wildman–Crippen LogP) is 3.41. The highest BCUT2D eigenvalue weighted by Crippen LogP contribution is 2.29. The molecule has 3 aromatic rings. The Morgan fingerprint density at radius 3 is 2.54 bits per heavy atom. The molecule has 0 aliphatic rings. The summed E-state index contributed by atoms with van der Waals surface area (Å²) in [6.07, 6.45) is 4.15. The second-order valence-electron chi connectivity index (χ2n) is 5.12. The lowest BCUT2D eigenvalue weighted by molar-refractivity contribution is -0.112. The number of hydrogen-bond donors (Lipinski definition) is 2. The summed E-state index contributed by atoms with van der Waals surface area (Å²) in [6, 6.07) is 4.60. The van der Waals surface area contributed by atoms with Gasteiger partial charge >= 0.3 is 0 Å². The van der Waals surface area contributed by atoms with E-state index >= 15 is 0 Å². The van der Waals surface area contributed by atoms with Crippen molar-refractivity contribution in [2.45, 2.75) is 0 Å². The number of carbonyl (C=O) groups is 2. The number of phenols is 1. The van der Waals surface area contributed by atoms with Crippen LogP contribution in [-0.4, -0.2) is 26.3 Å². The first-order chi connectivity index (χ1) is 11.4. The van der Waals surface area contributed by atoms with Crippen molar-refractivity contribution >= 4 is 51.5 Å². The minimum Gasteiger partial charge on any atom is -0.508 e. The Morgan fingerprint density at radius 1 is 1.21 bits per heavy atom. The first-order valence-electron chi connectivity index (χ1n) is 6.81. The van der Waals surface area contributed by atoms with Gasteiger partial charge in [-0.2, -0.15) is 0 Å². The number of aromatic nitrogens is 2. The summed E-state index contributed by atoms with van der Waals surface area (Å²) < 4.78 is 1.70. The largest absolute Gasteiger partial charge is 0.508 e. The van der Waals surface area contributed by atoms with Gasteiger partial charge in [0.25, 0.3) is 11.7 Å². The maximum Gasteiger partial charge on any atom is 0.296 e. The highest BCUT2D eigenvalue weighted by molar-refractivity contribution is 6.50. The van der Waals surface area contributed by atoms with Crippen molar-refractivity contribution in [2.75, 3.05) is 5.32 Å². The first kappa shape index (κ1) is 16.3. The van der Waals surface area contributed by atoms with E-state index in [4.69, 9.17) is 23.2 Å². The molecule has 1 amide bonds. The first-order valence-corrected chi connectivity index (χ1v) is 7.57. The Bertz CT molecular complexity index is 962. The normalized spacial score (nSPS) is 10.8. The molecule has 2 N–H and O–H groups in total. The van der Waals surface area contributed by atoms with Crippen LogP contribution in [-0.2, 0) is 11.8 Å². The lowest BCUT2D eigenvalue weighted by atomic mass is 10.1. The summed E-state index contributed by atoms with van der Waals surface area (Å²) in [5, 5.41) is 12.8. The average Bonchev–Trinajstić information content (AvgIpc) is 2.86. The van der Waals surface area contributed by atoms with Crippen LogP contribution in [0.1, 0.15) is 10.4 Å². The molecule has 0 bridgehead atoms. The third-order valence-corrected chi connectivity index (χ3v) is 4.09. The molecule has 24 heavy (non-hydrogen) atoms. The second-order valence-corrected chi connectivity index (χ2v) is 5.93. The minimum absolute atomic E-state index is 0.00313. The number of fused-ring (bicyclic) bond motifs is 1. The highest BCUT2D eigenvalue weighted by atomic mass is 35.5. The van der Waals surface area contributed by atoms with Gasteiger partial charge in [0, 0.05) is 36.5 Å². The van der Waals surface area contributed by atoms with E-state index < -0.39 is 11.7 Å². The number of aryl methyl sites for hydroxylation is 1. The third-order valence-electron chi connectivity index (χ3n) is 3.52. The van der Waals surface area contributed by atoms with Gasteiger partial charge in [-0.3, -0.25) is 14.6 Å². The van der Waals surface area contributed by atoms with E-state index in [0.717, 1.165) is 0 Å². The molecule has 0 fully saturated rings. The SMILES string of the molecule is Cn1cc(C(=O)C(=O)Nc2c(Cl)cncc2Cl)c2cc(O)ccc21. The summed E-state index contributed by atoms with van der Waals surface area (Å²) in [4.78, 5) is 28.6. The van der Waals surface area contributed by atoms with Gasteiger partial charge in [0.15, 0.2) is 0 Å². The Kier molecular flexibility index (Phi) is 4.17. The fraction of sp³-hybridized carbons (Fsp3) is 0.0625. The number of nitrogens with zero attached hydrogens (tertiary/aromatic N) is 2. The van der Waals surface area contributed by atoms with E-state index in [2.05, 4.69) is 10.3 Å². The van der Waals surface area contributed by atoms with Crippen LogP contribution in [0.5, 0.6) is 5.75 Å². The summed E-state index contributed by atoms with van der Waals surface area (Å²) in [6.45, 7) is 0. The van der Waals surface area contributed by atoms with Crippen LogP contribution in [0.15, 0.2) is 36.8 Å². The summed E-state index contributed by atoms with van der Waals surface area (Å²) in [7, 11) is 1.74. The maximum absolute atomic E-state index is 12.5. The molecule has 0 saturated carbocycles. The molecule has 0 atom stereocenters. The van der Waals surface area contributed by atoms with Crippen molar-refractivity contribution in [3.8, 4) is 5.75 Å². The maximum atomic E-state index is 12.5. The molecule has 0 spiro atoms. The predicted molar refractivity (Wildman–Crippen MR) is 91.8 cm³/mol. The van der Waals surface area contributed by atoms with Gasteiger partial charge < -0.3 is 15.0 Å². The van der Waals surface area contributed by atoms with Crippen molar-refractivity contribution in [1.29, 1.82) is 0 Å². The molecule has 0 aliphatic heterocycles. The van der Waals surface area contributed by atoms with Crippen LogP contribution >= 0.6 is 23.2 Å². The molecular formula is C16H11Cl2N3O3. The number of anilines is 1. The van der Waals surface area contributed by atoms with Gasteiger partial charge in [-0.05, 0) is 18.2 Å². The molecule has 122 valence electrons. The van der Waals surface area contributed by atoms with E-state index in [0.29, 0.717) is 10.9 Å². The molecule has 0 radical (unpaired) electrons. The van der Waals surface area contributed by atoms with Gasteiger partial charge in [0.2, 0.25) is 0 Å².